The van der Waals surface area contributed by atoms with Crippen LogP contribution in [-0.2, 0) is 9.09 Å². The average molecular weight is 258 g/mol. The van der Waals surface area contributed by atoms with E-state index in [0.29, 0.717) is 18.1 Å². The summed E-state index contributed by atoms with van der Waals surface area (Å²) in [6, 6.07) is 0. The minimum Gasteiger partial charge on any atom is -0.442 e. The largest absolute Gasteiger partial charge is 0.442 e. The topological polar surface area (TPSA) is 26.3 Å². The molecule has 0 atom stereocenters. The predicted octanol–water partition coefficient (Wildman–Crippen LogP) is 4.31. The lowest BCUT2D eigenvalue weighted by molar-refractivity contribution is 0.420. The molecule has 2 nitrogen and oxygen atoms in total. The van der Waals surface area contributed by atoms with Gasteiger partial charge in [0.15, 0.2) is 0 Å². The molecule has 16 heavy (non-hydrogen) atoms. The quantitative estimate of drug-likeness (QED) is 0.524. The summed E-state index contributed by atoms with van der Waals surface area (Å²) in [6.07, 6.45) is 9.49. The molecule has 0 spiro atoms. The zero-order chi connectivity index (χ0) is 12.0. The number of hydrogen-bond donors (Lipinski definition) is 0. The lowest BCUT2D eigenvalue weighted by atomic mass is 10.2. The molecular formula is C12H19O2PS. The van der Waals surface area contributed by atoms with Gasteiger partial charge in [0, 0.05) is 18.7 Å². The van der Waals surface area contributed by atoms with Gasteiger partial charge in [0.1, 0.15) is 5.76 Å². The Morgan fingerprint density at radius 3 is 2.50 bits per heavy atom. The van der Waals surface area contributed by atoms with Crippen molar-refractivity contribution in [3.8, 4) is 0 Å². The summed E-state index contributed by atoms with van der Waals surface area (Å²) in [5.74, 6) is 0.641. The van der Waals surface area contributed by atoms with Crippen molar-refractivity contribution in [3.63, 3.8) is 0 Å². The molecule has 0 saturated heterocycles. The molecular weight excluding hydrogens is 239 g/mol. The van der Waals surface area contributed by atoms with Crippen molar-refractivity contribution in [2.75, 3.05) is 12.3 Å². The zero-order valence-corrected chi connectivity index (χ0v) is 11.7. The highest BCUT2D eigenvalue weighted by Crippen LogP contribution is 2.50. The summed E-state index contributed by atoms with van der Waals surface area (Å²) >= 11 is 5.20. The molecule has 90 valence electrons. The molecule has 0 saturated carbocycles. The van der Waals surface area contributed by atoms with E-state index in [1.54, 1.807) is 0 Å². The molecule has 0 radical (unpaired) electrons. The number of hydrogen-bond acceptors (Lipinski definition) is 3. The Labute approximate surface area is 103 Å². The van der Waals surface area contributed by atoms with Gasteiger partial charge in [0.25, 0.3) is 0 Å². The summed E-state index contributed by atoms with van der Waals surface area (Å²) in [7, 11) is -2.51. The van der Waals surface area contributed by atoms with Crippen molar-refractivity contribution >= 4 is 24.5 Å². The van der Waals surface area contributed by atoms with Gasteiger partial charge in [-0.3, -0.25) is 4.57 Å². The lowest BCUT2D eigenvalue weighted by Gasteiger charge is -2.21. The van der Waals surface area contributed by atoms with Crippen molar-refractivity contribution < 1.29 is 9.09 Å². The number of rotatable bonds is 6. The molecule has 1 rings (SSSR count). The lowest BCUT2D eigenvalue weighted by Crippen LogP contribution is -2.07. The third kappa shape index (κ3) is 3.88. The van der Waals surface area contributed by atoms with Gasteiger partial charge in [-0.1, -0.05) is 38.2 Å². The van der Waals surface area contributed by atoms with Crippen LogP contribution in [0.4, 0.5) is 0 Å². The summed E-state index contributed by atoms with van der Waals surface area (Å²) in [4.78, 5) is 0.759. The van der Waals surface area contributed by atoms with Gasteiger partial charge in [-0.05, 0) is 18.9 Å². The van der Waals surface area contributed by atoms with Crippen molar-refractivity contribution in [3.05, 3.63) is 24.0 Å². The third-order valence-corrected chi connectivity index (χ3v) is 5.51. The number of thiocarbonyl (C=S) groups is 1. The number of allylic oxidation sites excluding steroid dienone is 4. The van der Waals surface area contributed by atoms with Crippen LogP contribution in [0.25, 0.3) is 0 Å². The van der Waals surface area contributed by atoms with Crippen LogP contribution < -0.4 is 0 Å². The van der Waals surface area contributed by atoms with Gasteiger partial charge in [-0.15, -0.1) is 0 Å². The highest BCUT2D eigenvalue weighted by molar-refractivity contribution is 7.80. The Morgan fingerprint density at radius 2 is 2.00 bits per heavy atom. The SMILES string of the molecule is CCCP(=O)(CCC)OC1=CC=CCC1=S. The summed E-state index contributed by atoms with van der Waals surface area (Å²) in [5.41, 5.74) is 0. The second-order valence-electron chi connectivity index (χ2n) is 3.94. The van der Waals surface area contributed by atoms with Crippen LogP contribution in [0, 0.1) is 0 Å². The highest BCUT2D eigenvalue weighted by Gasteiger charge is 2.24. The molecule has 0 aromatic heterocycles. The first-order chi connectivity index (χ1) is 7.61. The molecule has 0 bridgehead atoms. The highest BCUT2D eigenvalue weighted by atomic mass is 32.1. The summed E-state index contributed by atoms with van der Waals surface area (Å²) < 4.78 is 18.2. The fraction of sp³-hybridized carbons (Fsp3) is 0.583. The Bertz CT molecular complexity index is 348. The third-order valence-electron chi connectivity index (χ3n) is 2.36. The molecule has 0 unspecified atom stereocenters. The maximum Gasteiger partial charge on any atom is 0.247 e. The second kappa shape index (κ2) is 6.36. The van der Waals surface area contributed by atoms with E-state index in [4.69, 9.17) is 16.7 Å². The zero-order valence-electron chi connectivity index (χ0n) is 9.94. The summed E-state index contributed by atoms with van der Waals surface area (Å²) in [5, 5.41) is 0. The molecule has 4 heteroatoms. The van der Waals surface area contributed by atoms with E-state index in [1.165, 1.54) is 0 Å². The molecule has 0 aromatic carbocycles. The van der Waals surface area contributed by atoms with Crippen LogP contribution in [0.1, 0.15) is 33.1 Å². The minimum atomic E-state index is -2.51. The fourth-order valence-electron chi connectivity index (χ4n) is 1.67. The normalized spacial score (nSPS) is 16.1. The first-order valence-corrected chi connectivity index (χ1v) is 8.19. The van der Waals surface area contributed by atoms with Gasteiger partial charge in [-0.2, -0.15) is 0 Å². The molecule has 0 aromatic rings. The Morgan fingerprint density at radius 1 is 1.38 bits per heavy atom. The van der Waals surface area contributed by atoms with Crippen LogP contribution in [-0.4, -0.2) is 17.2 Å². The van der Waals surface area contributed by atoms with Gasteiger partial charge in [0.2, 0.25) is 7.37 Å². The van der Waals surface area contributed by atoms with E-state index in [0.717, 1.165) is 24.1 Å². The van der Waals surface area contributed by atoms with Crippen molar-refractivity contribution in [2.45, 2.75) is 33.1 Å². The van der Waals surface area contributed by atoms with E-state index in [2.05, 4.69) is 0 Å². The molecule has 1 aliphatic rings. The van der Waals surface area contributed by atoms with E-state index in [1.807, 2.05) is 32.1 Å². The maximum absolute atomic E-state index is 12.5. The van der Waals surface area contributed by atoms with E-state index in [-0.39, 0.29) is 0 Å². The van der Waals surface area contributed by atoms with Gasteiger partial charge >= 0.3 is 0 Å². The Balaban J connectivity index is 2.75. The molecule has 1 aliphatic carbocycles. The molecule has 0 aliphatic heterocycles. The van der Waals surface area contributed by atoms with Gasteiger partial charge in [0.05, 0.1) is 4.86 Å². The van der Waals surface area contributed by atoms with Crippen LogP contribution >= 0.6 is 19.6 Å². The Kier molecular flexibility index (Phi) is 5.43. The van der Waals surface area contributed by atoms with E-state index in [9.17, 15) is 4.57 Å². The monoisotopic (exact) mass is 258 g/mol. The molecule has 0 heterocycles. The molecule has 0 amide bonds. The molecule has 0 fully saturated rings. The van der Waals surface area contributed by atoms with Gasteiger partial charge in [-0.25, -0.2) is 0 Å². The average Bonchev–Trinajstić information content (AvgIpc) is 2.22. The predicted molar refractivity (Wildman–Crippen MR) is 73.4 cm³/mol. The van der Waals surface area contributed by atoms with E-state index < -0.39 is 7.37 Å². The Hall–Kier alpha value is -0.400. The van der Waals surface area contributed by atoms with Crippen LogP contribution in [0.3, 0.4) is 0 Å². The van der Waals surface area contributed by atoms with Crippen molar-refractivity contribution in [1.82, 2.24) is 0 Å². The van der Waals surface area contributed by atoms with Crippen LogP contribution in [0.5, 0.6) is 0 Å². The standard InChI is InChI=1S/C12H19O2PS/c1-3-9-15(13,10-4-2)14-11-7-5-6-8-12(11)16/h5-7H,3-4,8-10H2,1-2H3. The first kappa shape index (κ1) is 13.7. The molecule has 0 N–H and O–H groups in total. The van der Waals surface area contributed by atoms with E-state index >= 15 is 0 Å². The smallest absolute Gasteiger partial charge is 0.247 e. The fourth-order valence-corrected chi connectivity index (χ4v) is 4.24. The second-order valence-corrected chi connectivity index (χ2v) is 7.14. The maximum atomic E-state index is 12.5. The van der Waals surface area contributed by atoms with Crippen LogP contribution in [0.2, 0.25) is 0 Å². The summed E-state index contributed by atoms with van der Waals surface area (Å²) in [6.45, 7) is 4.05. The van der Waals surface area contributed by atoms with Crippen molar-refractivity contribution in [2.24, 2.45) is 0 Å². The van der Waals surface area contributed by atoms with Crippen molar-refractivity contribution in [1.29, 1.82) is 0 Å². The van der Waals surface area contributed by atoms with Gasteiger partial charge < -0.3 is 4.52 Å². The van der Waals surface area contributed by atoms with Crippen LogP contribution in [0.15, 0.2) is 24.0 Å². The minimum absolute atomic E-state index is 0.641. The first-order valence-electron chi connectivity index (χ1n) is 5.79.